The number of unbranched alkanes of at least 4 members (excludes halogenated alkanes) is 3. The molecule has 5 nitrogen and oxygen atoms in total. The molecule has 1 aliphatic rings. The molecule has 3 N–H and O–H groups in total. The Bertz CT molecular complexity index is 530. The van der Waals surface area contributed by atoms with Gasteiger partial charge < -0.3 is 5.73 Å². The molecule has 0 aromatic heterocycles. The SMILES string of the molecule is Br.N=C(N)SCCCCCCN1C(=O)c2ccccc2C1=O. The van der Waals surface area contributed by atoms with Crippen molar-refractivity contribution in [1.29, 1.82) is 5.41 Å². The Balaban J connectivity index is 0.00000242. The molecular formula is C15H20BrN3O2S. The third kappa shape index (κ3) is 4.58. The molecule has 0 bridgehead atoms. The summed E-state index contributed by atoms with van der Waals surface area (Å²) in [4.78, 5) is 25.6. The summed E-state index contributed by atoms with van der Waals surface area (Å²) < 4.78 is 0. The number of nitrogens with zero attached hydrogens (tertiary/aromatic N) is 1. The molecule has 120 valence electrons. The lowest BCUT2D eigenvalue weighted by Crippen LogP contribution is -2.30. The summed E-state index contributed by atoms with van der Waals surface area (Å²) in [7, 11) is 0. The maximum atomic E-state index is 12.1. The number of nitrogens with one attached hydrogen (secondary N) is 1. The normalized spacial score (nSPS) is 13.0. The van der Waals surface area contributed by atoms with E-state index in [4.69, 9.17) is 11.1 Å². The van der Waals surface area contributed by atoms with Crippen molar-refractivity contribution in [3.05, 3.63) is 35.4 Å². The Morgan fingerprint density at radius 1 is 1.05 bits per heavy atom. The molecule has 1 heterocycles. The highest BCUT2D eigenvalue weighted by molar-refractivity contribution is 8.93. The number of nitrogens with two attached hydrogens (primary N) is 1. The van der Waals surface area contributed by atoms with Gasteiger partial charge in [0.2, 0.25) is 0 Å². The Hall–Kier alpha value is -1.34. The number of amidine groups is 1. The van der Waals surface area contributed by atoms with E-state index in [1.54, 1.807) is 24.3 Å². The van der Waals surface area contributed by atoms with Crippen molar-refractivity contribution in [1.82, 2.24) is 4.90 Å². The highest BCUT2D eigenvalue weighted by atomic mass is 79.9. The van der Waals surface area contributed by atoms with Gasteiger partial charge >= 0.3 is 0 Å². The lowest BCUT2D eigenvalue weighted by molar-refractivity contribution is 0.0651. The molecule has 0 unspecified atom stereocenters. The Kier molecular flexibility index (Phi) is 7.61. The van der Waals surface area contributed by atoms with Crippen molar-refractivity contribution in [2.45, 2.75) is 25.7 Å². The van der Waals surface area contributed by atoms with E-state index in [9.17, 15) is 9.59 Å². The lowest BCUT2D eigenvalue weighted by Gasteiger charge is -2.13. The fourth-order valence-electron chi connectivity index (χ4n) is 2.35. The van der Waals surface area contributed by atoms with Crippen LogP contribution in [-0.2, 0) is 0 Å². The van der Waals surface area contributed by atoms with E-state index >= 15 is 0 Å². The molecule has 1 aromatic rings. The van der Waals surface area contributed by atoms with Gasteiger partial charge in [-0.25, -0.2) is 0 Å². The Morgan fingerprint density at radius 2 is 1.59 bits per heavy atom. The van der Waals surface area contributed by atoms with Gasteiger partial charge in [0.1, 0.15) is 0 Å². The number of thioether (sulfide) groups is 1. The van der Waals surface area contributed by atoms with Crippen LogP contribution in [0.1, 0.15) is 46.4 Å². The van der Waals surface area contributed by atoms with Gasteiger partial charge in [-0.1, -0.05) is 36.7 Å². The second kappa shape index (κ2) is 8.95. The fourth-order valence-corrected chi connectivity index (χ4v) is 2.92. The largest absolute Gasteiger partial charge is 0.379 e. The molecule has 0 fully saturated rings. The van der Waals surface area contributed by atoms with Gasteiger partial charge in [-0.3, -0.25) is 19.9 Å². The van der Waals surface area contributed by atoms with Crippen molar-refractivity contribution >= 4 is 45.7 Å². The number of rotatable bonds is 7. The van der Waals surface area contributed by atoms with Crippen LogP contribution >= 0.6 is 28.7 Å². The van der Waals surface area contributed by atoms with E-state index in [1.165, 1.54) is 16.7 Å². The van der Waals surface area contributed by atoms with E-state index in [2.05, 4.69) is 0 Å². The summed E-state index contributed by atoms with van der Waals surface area (Å²) in [5.74, 6) is 0.494. The van der Waals surface area contributed by atoms with Gasteiger partial charge in [0.25, 0.3) is 11.8 Å². The number of benzene rings is 1. The second-order valence-corrected chi connectivity index (χ2v) is 6.07. The van der Waals surface area contributed by atoms with Crippen LogP contribution < -0.4 is 5.73 Å². The van der Waals surface area contributed by atoms with Crippen molar-refractivity contribution < 1.29 is 9.59 Å². The minimum Gasteiger partial charge on any atom is -0.379 e. The molecule has 1 aromatic carbocycles. The van der Waals surface area contributed by atoms with Crippen molar-refractivity contribution in [3.63, 3.8) is 0 Å². The lowest BCUT2D eigenvalue weighted by atomic mass is 10.1. The van der Waals surface area contributed by atoms with Crippen LogP contribution in [0.5, 0.6) is 0 Å². The van der Waals surface area contributed by atoms with Crippen LogP contribution in [0.2, 0.25) is 0 Å². The van der Waals surface area contributed by atoms with Crippen molar-refractivity contribution in [2.75, 3.05) is 12.3 Å². The van der Waals surface area contributed by atoms with Gasteiger partial charge in [0.15, 0.2) is 5.17 Å². The molecule has 2 amide bonds. The van der Waals surface area contributed by atoms with Crippen LogP contribution in [0.25, 0.3) is 0 Å². The molecule has 1 aliphatic heterocycles. The van der Waals surface area contributed by atoms with Crippen LogP contribution in [0.4, 0.5) is 0 Å². The summed E-state index contributed by atoms with van der Waals surface area (Å²) in [6.45, 7) is 0.478. The quantitative estimate of drug-likeness (QED) is 0.326. The summed E-state index contributed by atoms with van der Waals surface area (Å²) in [5, 5.41) is 7.25. The van der Waals surface area contributed by atoms with Crippen LogP contribution in [0.15, 0.2) is 24.3 Å². The van der Waals surface area contributed by atoms with Gasteiger partial charge in [0.05, 0.1) is 11.1 Å². The number of fused-ring (bicyclic) bond motifs is 1. The summed E-state index contributed by atoms with van der Waals surface area (Å²) in [6, 6.07) is 6.96. The van der Waals surface area contributed by atoms with Crippen LogP contribution in [0.3, 0.4) is 0 Å². The standard InChI is InChI=1S/C15H19N3O2S.BrH/c16-15(17)21-10-6-2-1-5-9-18-13(19)11-7-3-4-8-12(11)14(18)20;/h3-4,7-8H,1-2,5-6,9-10H2,(H3,16,17);1H. The minimum absolute atomic E-state index is 0. The molecule has 0 spiro atoms. The molecular weight excluding hydrogens is 366 g/mol. The maximum absolute atomic E-state index is 12.1. The third-order valence-corrected chi connectivity index (χ3v) is 4.22. The van der Waals surface area contributed by atoms with E-state index in [-0.39, 0.29) is 34.0 Å². The smallest absolute Gasteiger partial charge is 0.261 e. The maximum Gasteiger partial charge on any atom is 0.261 e. The molecule has 0 radical (unpaired) electrons. The minimum atomic E-state index is -0.178. The van der Waals surface area contributed by atoms with E-state index < -0.39 is 0 Å². The predicted molar refractivity (Wildman–Crippen MR) is 95.0 cm³/mol. The van der Waals surface area contributed by atoms with E-state index in [0.29, 0.717) is 17.7 Å². The molecule has 22 heavy (non-hydrogen) atoms. The highest BCUT2D eigenvalue weighted by Crippen LogP contribution is 2.22. The molecule has 0 saturated carbocycles. The van der Waals surface area contributed by atoms with E-state index in [0.717, 1.165) is 31.4 Å². The zero-order chi connectivity index (χ0) is 15.2. The number of amides is 2. The van der Waals surface area contributed by atoms with Crippen LogP contribution in [-0.4, -0.2) is 34.2 Å². The summed E-state index contributed by atoms with van der Waals surface area (Å²) >= 11 is 1.35. The monoisotopic (exact) mass is 385 g/mol. The number of hydrogen-bond donors (Lipinski definition) is 2. The average Bonchev–Trinajstić information content (AvgIpc) is 2.71. The molecule has 0 aliphatic carbocycles. The van der Waals surface area contributed by atoms with E-state index in [1.807, 2.05) is 0 Å². The zero-order valence-corrected chi connectivity index (χ0v) is 14.7. The summed E-state index contributed by atoms with van der Waals surface area (Å²) in [5.41, 5.74) is 6.28. The number of carbonyl (C=O) groups excluding carboxylic acids is 2. The molecule has 0 atom stereocenters. The number of hydrogen-bond acceptors (Lipinski definition) is 4. The number of imide groups is 1. The molecule has 2 rings (SSSR count). The Morgan fingerprint density at radius 3 is 2.14 bits per heavy atom. The van der Waals surface area contributed by atoms with Crippen molar-refractivity contribution in [2.24, 2.45) is 5.73 Å². The van der Waals surface area contributed by atoms with Gasteiger partial charge in [0, 0.05) is 12.3 Å². The first-order valence-electron chi connectivity index (χ1n) is 7.03. The average molecular weight is 386 g/mol. The van der Waals surface area contributed by atoms with Gasteiger partial charge in [-0.15, -0.1) is 17.0 Å². The first kappa shape index (κ1) is 18.7. The number of halogens is 1. The molecule has 7 heteroatoms. The number of carbonyl (C=O) groups is 2. The zero-order valence-electron chi connectivity index (χ0n) is 12.2. The second-order valence-electron chi connectivity index (χ2n) is 4.93. The predicted octanol–water partition coefficient (Wildman–Crippen LogP) is 3.05. The fraction of sp³-hybridized carbons (Fsp3) is 0.400. The van der Waals surface area contributed by atoms with Gasteiger partial charge in [-0.2, -0.15) is 0 Å². The first-order chi connectivity index (χ1) is 10.1. The highest BCUT2D eigenvalue weighted by Gasteiger charge is 2.34. The van der Waals surface area contributed by atoms with Crippen LogP contribution in [0, 0.1) is 5.41 Å². The van der Waals surface area contributed by atoms with Crippen molar-refractivity contribution in [3.8, 4) is 0 Å². The topological polar surface area (TPSA) is 87.2 Å². The third-order valence-electron chi connectivity index (χ3n) is 3.41. The summed E-state index contributed by atoms with van der Waals surface area (Å²) in [6.07, 6.45) is 3.79. The molecule has 0 saturated heterocycles. The Labute approximate surface area is 144 Å². The van der Waals surface area contributed by atoms with Gasteiger partial charge in [-0.05, 0) is 25.0 Å². The first-order valence-corrected chi connectivity index (χ1v) is 8.02.